The highest BCUT2D eigenvalue weighted by molar-refractivity contribution is 4.98. The molecule has 0 saturated carbocycles. The second kappa shape index (κ2) is 16.3. The minimum Gasteiger partial charge on any atom is -0.353 e. The van der Waals surface area contributed by atoms with Gasteiger partial charge in [-0.15, -0.1) is 11.8 Å². The Morgan fingerprint density at radius 2 is 1.48 bits per heavy atom. The van der Waals surface area contributed by atoms with Crippen LogP contribution in [0.2, 0.25) is 0 Å². The summed E-state index contributed by atoms with van der Waals surface area (Å²) in [5.74, 6) is 6.63. The van der Waals surface area contributed by atoms with Crippen LogP contribution in [0.1, 0.15) is 103 Å². The quantitative estimate of drug-likeness (QED) is 0.295. The van der Waals surface area contributed by atoms with Gasteiger partial charge < -0.3 is 9.47 Å². The van der Waals surface area contributed by atoms with E-state index in [2.05, 4.69) is 18.8 Å². The first-order valence-corrected chi connectivity index (χ1v) is 10.1. The maximum Gasteiger partial charge on any atom is 0.157 e. The van der Waals surface area contributed by atoms with Gasteiger partial charge in [0.2, 0.25) is 0 Å². The van der Waals surface area contributed by atoms with Crippen molar-refractivity contribution in [1.82, 2.24) is 0 Å². The van der Waals surface area contributed by atoms with Crippen molar-refractivity contribution in [3.05, 3.63) is 0 Å². The molecule has 0 N–H and O–H groups in total. The van der Waals surface area contributed by atoms with Gasteiger partial charge in [0.05, 0.1) is 0 Å². The summed E-state index contributed by atoms with van der Waals surface area (Å²) in [7, 11) is 0. The Bertz CT molecular complexity index is 297. The molecule has 0 aromatic heterocycles. The van der Waals surface area contributed by atoms with Crippen molar-refractivity contribution in [1.29, 1.82) is 0 Å². The zero-order valence-electron chi connectivity index (χ0n) is 15.4. The average Bonchev–Trinajstić information content (AvgIpc) is 2.59. The Hall–Kier alpha value is -0.520. The van der Waals surface area contributed by atoms with Crippen LogP contribution in [0.4, 0.5) is 0 Å². The van der Waals surface area contributed by atoms with Crippen molar-refractivity contribution in [2.45, 2.75) is 110 Å². The summed E-state index contributed by atoms with van der Waals surface area (Å²) in [5, 5.41) is 0. The van der Waals surface area contributed by atoms with Crippen LogP contribution in [0.5, 0.6) is 0 Å². The Morgan fingerprint density at radius 3 is 2.13 bits per heavy atom. The lowest BCUT2D eigenvalue weighted by molar-refractivity contribution is -0.162. The lowest BCUT2D eigenvalue weighted by atomic mass is 10.1. The average molecular weight is 323 g/mol. The molecule has 0 aliphatic carbocycles. The molecule has 0 amide bonds. The van der Waals surface area contributed by atoms with E-state index in [0.717, 1.165) is 45.3 Å². The first kappa shape index (κ1) is 20.5. The van der Waals surface area contributed by atoms with E-state index in [1.165, 1.54) is 64.2 Å². The molecule has 0 radical (unpaired) electrons. The van der Waals surface area contributed by atoms with Crippen LogP contribution in [0.15, 0.2) is 0 Å². The van der Waals surface area contributed by atoms with E-state index in [9.17, 15) is 0 Å². The molecule has 2 nitrogen and oxygen atoms in total. The third kappa shape index (κ3) is 13.6. The molecule has 2 heteroatoms. The minimum absolute atomic E-state index is 0.0665. The van der Waals surface area contributed by atoms with E-state index < -0.39 is 0 Å². The molecule has 1 saturated heterocycles. The fourth-order valence-corrected chi connectivity index (χ4v) is 2.90. The van der Waals surface area contributed by atoms with Crippen molar-refractivity contribution in [3.8, 4) is 11.8 Å². The molecule has 1 unspecified atom stereocenters. The van der Waals surface area contributed by atoms with Gasteiger partial charge in [0, 0.05) is 26.1 Å². The minimum atomic E-state index is 0.0665. The standard InChI is InChI=1S/C21H38O2/c1-2-3-4-5-6-7-8-9-10-11-12-13-14-16-19-22-21-18-15-17-20-23-21/h21H,2-10,13-20H2,1H3. The topological polar surface area (TPSA) is 18.5 Å². The molecule has 0 bridgehead atoms. The van der Waals surface area contributed by atoms with Gasteiger partial charge in [-0.3, -0.25) is 0 Å². The predicted molar refractivity (Wildman–Crippen MR) is 98.4 cm³/mol. The summed E-state index contributed by atoms with van der Waals surface area (Å²) in [5.41, 5.74) is 0. The second-order valence-corrected chi connectivity index (χ2v) is 6.70. The molecule has 1 aliphatic rings. The normalized spacial score (nSPS) is 17.7. The molecular formula is C21H38O2. The fourth-order valence-electron chi connectivity index (χ4n) is 2.90. The maximum absolute atomic E-state index is 5.72. The maximum atomic E-state index is 5.72. The van der Waals surface area contributed by atoms with E-state index in [4.69, 9.17) is 9.47 Å². The van der Waals surface area contributed by atoms with Gasteiger partial charge in [-0.1, -0.05) is 51.9 Å². The van der Waals surface area contributed by atoms with Crippen LogP contribution in [-0.4, -0.2) is 19.5 Å². The zero-order chi connectivity index (χ0) is 16.4. The largest absolute Gasteiger partial charge is 0.353 e. The van der Waals surface area contributed by atoms with Crippen molar-refractivity contribution in [3.63, 3.8) is 0 Å². The molecule has 0 spiro atoms. The SMILES string of the molecule is CCCCCCCCCCC#CCCCCOC1CCCCO1. The van der Waals surface area contributed by atoms with Crippen molar-refractivity contribution in [2.24, 2.45) is 0 Å². The summed E-state index contributed by atoms with van der Waals surface area (Å²) in [6, 6.07) is 0. The smallest absolute Gasteiger partial charge is 0.157 e. The molecule has 1 aliphatic heterocycles. The Morgan fingerprint density at radius 1 is 0.826 bits per heavy atom. The van der Waals surface area contributed by atoms with E-state index in [-0.39, 0.29) is 6.29 Å². The molecule has 0 aromatic rings. The first-order chi connectivity index (χ1) is 11.4. The van der Waals surface area contributed by atoms with Gasteiger partial charge in [0.1, 0.15) is 0 Å². The lowest BCUT2D eigenvalue weighted by Crippen LogP contribution is -2.22. The molecule has 1 rings (SSSR count). The van der Waals surface area contributed by atoms with E-state index in [1.807, 2.05) is 0 Å². The summed E-state index contributed by atoms with van der Waals surface area (Å²) in [6.45, 7) is 3.97. The van der Waals surface area contributed by atoms with E-state index in [0.29, 0.717) is 0 Å². The Balaban J connectivity index is 1.75. The Kier molecular flexibility index (Phi) is 14.6. The lowest BCUT2D eigenvalue weighted by Gasteiger charge is -2.22. The number of hydrogen-bond acceptors (Lipinski definition) is 2. The van der Waals surface area contributed by atoms with Crippen LogP contribution < -0.4 is 0 Å². The van der Waals surface area contributed by atoms with Crippen molar-refractivity contribution in [2.75, 3.05) is 13.2 Å². The van der Waals surface area contributed by atoms with E-state index >= 15 is 0 Å². The zero-order valence-corrected chi connectivity index (χ0v) is 15.4. The van der Waals surface area contributed by atoms with Gasteiger partial charge in [-0.05, 0) is 38.5 Å². The van der Waals surface area contributed by atoms with Crippen molar-refractivity contribution < 1.29 is 9.47 Å². The van der Waals surface area contributed by atoms with Gasteiger partial charge in [-0.2, -0.15) is 0 Å². The summed E-state index contributed by atoms with van der Waals surface area (Å²) < 4.78 is 11.3. The van der Waals surface area contributed by atoms with Gasteiger partial charge in [0.15, 0.2) is 6.29 Å². The summed E-state index contributed by atoms with van der Waals surface area (Å²) in [4.78, 5) is 0. The Labute approximate surface area is 144 Å². The van der Waals surface area contributed by atoms with Crippen LogP contribution in [0, 0.1) is 11.8 Å². The monoisotopic (exact) mass is 322 g/mol. The molecule has 134 valence electrons. The highest BCUT2D eigenvalue weighted by atomic mass is 16.7. The molecule has 0 aromatic carbocycles. The number of unbranched alkanes of at least 4 members (excludes halogenated alkanes) is 10. The number of ether oxygens (including phenoxy) is 2. The molecular weight excluding hydrogens is 284 g/mol. The van der Waals surface area contributed by atoms with Crippen LogP contribution >= 0.6 is 0 Å². The van der Waals surface area contributed by atoms with Crippen LogP contribution in [-0.2, 0) is 9.47 Å². The van der Waals surface area contributed by atoms with Crippen LogP contribution in [0.25, 0.3) is 0 Å². The van der Waals surface area contributed by atoms with Gasteiger partial charge >= 0.3 is 0 Å². The van der Waals surface area contributed by atoms with Crippen molar-refractivity contribution >= 4 is 0 Å². The van der Waals surface area contributed by atoms with Gasteiger partial charge in [0.25, 0.3) is 0 Å². The summed E-state index contributed by atoms with van der Waals surface area (Å²) in [6.07, 6.45) is 19.0. The van der Waals surface area contributed by atoms with E-state index in [1.54, 1.807) is 0 Å². The molecule has 1 heterocycles. The predicted octanol–water partition coefficient (Wildman–Crippen LogP) is 6.23. The highest BCUT2D eigenvalue weighted by Gasteiger charge is 2.12. The fraction of sp³-hybridized carbons (Fsp3) is 0.905. The number of rotatable bonds is 13. The molecule has 1 fully saturated rings. The molecule has 23 heavy (non-hydrogen) atoms. The molecule has 1 atom stereocenters. The summed E-state index contributed by atoms with van der Waals surface area (Å²) >= 11 is 0. The third-order valence-electron chi connectivity index (χ3n) is 4.42. The first-order valence-electron chi connectivity index (χ1n) is 10.1. The third-order valence-corrected chi connectivity index (χ3v) is 4.42. The second-order valence-electron chi connectivity index (χ2n) is 6.70. The van der Waals surface area contributed by atoms with Crippen LogP contribution in [0.3, 0.4) is 0 Å². The van der Waals surface area contributed by atoms with Gasteiger partial charge in [-0.25, -0.2) is 0 Å². The highest BCUT2D eigenvalue weighted by Crippen LogP contribution is 2.14. The number of hydrogen-bond donors (Lipinski definition) is 0.